The van der Waals surface area contributed by atoms with Crippen molar-refractivity contribution >= 4 is 0 Å². The summed E-state index contributed by atoms with van der Waals surface area (Å²) < 4.78 is 5.45. The zero-order chi connectivity index (χ0) is 14.4. The molecule has 0 spiro atoms. The molecule has 1 fully saturated rings. The number of ether oxygens (including phenoxy) is 1. The monoisotopic (exact) mass is 276 g/mol. The normalized spacial score (nSPS) is 17.6. The fourth-order valence-electron chi connectivity index (χ4n) is 3.12. The van der Waals surface area contributed by atoms with Crippen LogP contribution in [0.5, 0.6) is 0 Å². The average molecular weight is 276 g/mol. The number of hydrogen-bond acceptors (Lipinski definition) is 3. The van der Waals surface area contributed by atoms with Crippen molar-refractivity contribution in [2.45, 2.75) is 58.6 Å². The molecule has 0 saturated carbocycles. The fourth-order valence-corrected chi connectivity index (χ4v) is 3.12. The lowest BCUT2D eigenvalue weighted by Crippen LogP contribution is -2.36. The van der Waals surface area contributed by atoms with Crippen molar-refractivity contribution in [1.82, 2.24) is 9.88 Å². The molecule has 2 rings (SSSR count). The van der Waals surface area contributed by atoms with Gasteiger partial charge in [0.2, 0.25) is 0 Å². The van der Waals surface area contributed by atoms with E-state index in [4.69, 9.17) is 4.74 Å². The standard InChI is InChI=1S/C17H28N2O/c1-4-6-16-14(5-2)7-10-18-17(16)13-19-11-8-15(20-3)9-12-19/h7,10,15H,4-6,8-9,11-13H2,1-3H3. The number of methoxy groups -OCH3 is 1. The van der Waals surface area contributed by atoms with Crippen molar-refractivity contribution < 1.29 is 4.74 Å². The smallest absolute Gasteiger partial charge is 0.0595 e. The Bertz CT molecular complexity index is 411. The summed E-state index contributed by atoms with van der Waals surface area (Å²) >= 11 is 0. The van der Waals surface area contributed by atoms with Crippen LogP contribution in [-0.4, -0.2) is 36.2 Å². The maximum Gasteiger partial charge on any atom is 0.0595 e. The first-order valence-electron chi connectivity index (χ1n) is 7.99. The predicted octanol–water partition coefficient (Wildman–Crippen LogP) is 3.21. The Kier molecular flexibility index (Phi) is 5.99. The molecule has 1 aliphatic heterocycles. The highest BCUT2D eigenvalue weighted by atomic mass is 16.5. The van der Waals surface area contributed by atoms with Gasteiger partial charge in [-0.1, -0.05) is 20.3 Å². The summed E-state index contributed by atoms with van der Waals surface area (Å²) in [6.07, 6.45) is 8.18. The third-order valence-electron chi connectivity index (χ3n) is 4.36. The molecule has 1 aromatic heterocycles. The minimum atomic E-state index is 0.455. The summed E-state index contributed by atoms with van der Waals surface area (Å²) in [7, 11) is 1.83. The zero-order valence-electron chi connectivity index (χ0n) is 13.2. The Balaban J connectivity index is 2.05. The maximum absolute atomic E-state index is 5.45. The van der Waals surface area contributed by atoms with Crippen molar-refractivity contribution in [2.24, 2.45) is 0 Å². The first-order chi connectivity index (χ1) is 9.78. The fraction of sp³-hybridized carbons (Fsp3) is 0.706. The molecule has 0 aromatic carbocycles. The molecular formula is C17H28N2O. The number of piperidine rings is 1. The van der Waals surface area contributed by atoms with Gasteiger partial charge >= 0.3 is 0 Å². The molecular weight excluding hydrogens is 248 g/mol. The molecule has 0 N–H and O–H groups in total. The van der Waals surface area contributed by atoms with Crippen molar-refractivity contribution in [3.63, 3.8) is 0 Å². The van der Waals surface area contributed by atoms with Crippen LogP contribution in [0.25, 0.3) is 0 Å². The summed E-state index contributed by atoms with van der Waals surface area (Å²) in [5.74, 6) is 0. The number of pyridine rings is 1. The first-order valence-corrected chi connectivity index (χ1v) is 7.99. The van der Waals surface area contributed by atoms with Gasteiger partial charge in [0.25, 0.3) is 0 Å². The summed E-state index contributed by atoms with van der Waals surface area (Å²) in [5.41, 5.74) is 4.26. The lowest BCUT2D eigenvalue weighted by Gasteiger charge is -2.31. The second-order valence-electron chi connectivity index (χ2n) is 5.71. The van der Waals surface area contributed by atoms with E-state index in [1.54, 1.807) is 0 Å². The predicted molar refractivity (Wildman–Crippen MR) is 82.9 cm³/mol. The van der Waals surface area contributed by atoms with Gasteiger partial charge in [0, 0.05) is 32.9 Å². The van der Waals surface area contributed by atoms with Crippen LogP contribution in [0.3, 0.4) is 0 Å². The van der Waals surface area contributed by atoms with Crippen LogP contribution >= 0.6 is 0 Å². The zero-order valence-corrected chi connectivity index (χ0v) is 13.2. The van der Waals surface area contributed by atoms with E-state index >= 15 is 0 Å². The highest BCUT2D eigenvalue weighted by molar-refractivity contribution is 5.30. The molecule has 0 atom stereocenters. The SMILES string of the molecule is CCCc1c(CC)ccnc1CN1CCC(OC)CC1. The van der Waals surface area contributed by atoms with Gasteiger partial charge in [-0.2, -0.15) is 0 Å². The van der Waals surface area contributed by atoms with E-state index in [2.05, 4.69) is 29.8 Å². The van der Waals surface area contributed by atoms with Gasteiger partial charge in [0.15, 0.2) is 0 Å². The van der Waals surface area contributed by atoms with Crippen molar-refractivity contribution in [1.29, 1.82) is 0 Å². The Morgan fingerprint density at radius 1 is 1.30 bits per heavy atom. The van der Waals surface area contributed by atoms with Gasteiger partial charge in [0.1, 0.15) is 0 Å². The van der Waals surface area contributed by atoms with Crippen LogP contribution in [0.2, 0.25) is 0 Å². The molecule has 0 bridgehead atoms. The Labute approximate surface area is 123 Å². The van der Waals surface area contributed by atoms with Gasteiger partial charge in [-0.05, 0) is 42.9 Å². The minimum Gasteiger partial charge on any atom is -0.381 e. The quantitative estimate of drug-likeness (QED) is 0.798. The van der Waals surface area contributed by atoms with Gasteiger partial charge in [-0.25, -0.2) is 0 Å². The average Bonchev–Trinajstić information content (AvgIpc) is 2.50. The molecule has 1 aromatic rings. The Hall–Kier alpha value is -0.930. The minimum absolute atomic E-state index is 0.455. The summed E-state index contributed by atoms with van der Waals surface area (Å²) in [5, 5.41) is 0. The highest BCUT2D eigenvalue weighted by Gasteiger charge is 2.20. The van der Waals surface area contributed by atoms with Crippen LogP contribution in [0.15, 0.2) is 12.3 Å². The van der Waals surface area contributed by atoms with E-state index in [0.717, 1.165) is 45.3 Å². The Morgan fingerprint density at radius 2 is 2.05 bits per heavy atom. The van der Waals surface area contributed by atoms with E-state index in [0.29, 0.717) is 6.10 Å². The number of aromatic nitrogens is 1. The number of nitrogens with zero attached hydrogens (tertiary/aromatic N) is 2. The van der Waals surface area contributed by atoms with Crippen molar-refractivity contribution in [2.75, 3.05) is 20.2 Å². The number of aryl methyl sites for hydroxylation is 1. The van der Waals surface area contributed by atoms with E-state index in [1.807, 2.05) is 13.3 Å². The number of hydrogen-bond donors (Lipinski definition) is 0. The second-order valence-corrected chi connectivity index (χ2v) is 5.71. The van der Waals surface area contributed by atoms with Crippen LogP contribution in [0.4, 0.5) is 0 Å². The topological polar surface area (TPSA) is 25.4 Å². The molecule has 3 heteroatoms. The van der Waals surface area contributed by atoms with E-state index in [9.17, 15) is 0 Å². The van der Waals surface area contributed by atoms with Crippen LogP contribution < -0.4 is 0 Å². The van der Waals surface area contributed by atoms with E-state index in [-0.39, 0.29) is 0 Å². The van der Waals surface area contributed by atoms with E-state index in [1.165, 1.54) is 23.2 Å². The lowest BCUT2D eigenvalue weighted by atomic mass is 9.99. The summed E-state index contributed by atoms with van der Waals surface area (Å²) in [4.78, 5) is 7.19. The van der Waals surface area contributed by atoms with Crippen LogP contribution in [0, 0.1) is 0 Å². The molecule has 1 saturated heterocycles. The maximum atomic E-state index is 5.45. The van der Waals surface area contributed by atoms with Crippen LogP contribution in [0.1, 0.15) is 49.9 Å². The molecule has 3 nitrogen and oxygen atoms in total. The molecule has 112 valence electrons. The number of likely N-dealkylation sites (tertiary alicyclic amines) is 1. The summed E-state index contributed by atoms with van der Waals surface area (Å²) in [6, 6.07) is 2.19. The Morgan fingerprint density at radius 3 is 2.65 bits per heavy atom. The lowest BCUT2D eigenvalue weighted by molar-refractivity contribution is 0.0384. The largest absolute Gasteiger partial charge is 0.381 e. The van der Waals surface area contributed by atoms with Gasteiger partial charge in [0.05, 0.1) is 11.8 Å². The highest BCUT2D eigenvalue weighted by Crippen LogP contribution is 2.20. The molecule has 0 radical (unpaired) electrons. The third-order valence-corrected chi connectivity index (χ3v) is 4.36. The van der Waals surface area contributed by atoms with Gasteiger partial charge in [-0.3, -0.25) is 9.88 Å². The molecule has 1 aliphatic rings. The van der Waals surface area contributed by atoms with Gasteiger partial charge < -0.3 is 4.74 Å². The molecule has 20 heavy (non-hydrogen) atoms. The molecule has 2 heterocycles. The van der Waals surface area contributed by atoms with E-state index < -0.39 is 0 Å². The van der Waals surface area contributed by atoms with Crippen molar-refractivity contribution in [3.05, 3.63) is 29.1 Å². The second kappa shape index (κ2) is 7.75. The van der Waals surface area contributed by atoms with Crippen LogP contribution in [-0.2, 0) is 24.1 Å². The third kappa shape index (κ3) is 3.80. The number of rotatable bonds is 6. The molecule has 0 amide bonds. The first kappa shape index (κ1) is 15.5. The van der Waals surface area contributed by atoms with Crippen molar-refractivity contribution in [3.8, 4) is 0 Å². The molecule has 0 aliphatic carbocycles. The molecule has 0 unspecified atom stereocenters. The summed E-state index contributed by atoms with van der Waals surface area (Å²) in [6.45, 7) is 7.74. The van der Waals surface area contributed by atoms with Gasteiger partial charge in [-0.15, -0.1) is 0 Å².